The molecule has 0 aliphatic heterocycles. The van der Waals surface area contributed by atoms with Crippen LogP contribution in [0.4, 0.5) is 5.69 Å². The van der Waals surface area contributed by atoms with E-state index in [0.717, 1.165) is 16.0 Å². The fourth-order valence-electron chi connectivity index (χ4n) is 1.75. The fraction of sp³-hybridized carbons (Fsp3) is 0.286. The second-order valence-corrected chi connectivity index (χ2v) is 6.58. The van der Waals surface area contributed by atoms with Crippen LogP contribution in [-0.2, 0) is 6.54 Å². The molecule has 0 aliphatic carbocycles. The van der Waals surface area contributed by atoms with Gasteiger partial charge in [-0.3, -0.25) is 9.78 Å². The summed E-state index contributed by atoms with van der Waals surface area (Å²) in [4.78, 5) is 17.8. The van der Waals surface area contributed by atoms with Crippen molar-refractivity contribution in [2.75, 3.05) is 11.9 Å². The van der Waals surface area contributed by atoms with Gasteiger partial charge in [0, 0.05) is 20.0 Å². The maximum absolute atomic E-state index is 11.5. The number of pyridine rings is 1. The highest BCUT2D eigenvalue weighted by Crippen LogP contribution is 2.23. The number of hydrogen-bond acceptors (Lipinski definition) is 4. The number of thiophene rings is 1. The molecule has 5 heteroatoms. The summed E-state index contributed by atoms with van der Waals surface area (Å²) in [6, 6.07) is 5.85. The molecule has 0 amide bonds. The standard InChI is InChI=1S/C14H15BrN2OS/c1-3-13(18)12-5-4-11(7-16-12)17(2)8-10-6-14(15)19-9-10/h4-7,9H,3,8H2,1-2H3. The lowest BCUT2D eigenvalue weighted by Gasteiger charge is -2.18. The van der Waals surface area contributed by atoms with Crippen LogP contribution in [0.15, 0.2) is 33.6 Å². The molecule has 19 heavy (non-hydrogen) atoms. The number of aromatic nitrogens is 1. The predicted octanol–water partition coefficient (Wildman–Crippen LogP) is 4.13. The fourth-order valence-corrected chi connectivity index (χ4v) is 2.95. The quantitative estimate of drug-likeness (QED) is 0.768. The Hall–Kier alpha value is -1.20. The van der Waals surface area contributed by atoms with E-state index in [1.165, 1.54) is 5.56 Å². The van der Waals surface area contributed by atoms with Gasteiger partial charge in [0.1, 0.15) is 5.69 Å². The second kappa shape index (κ2) is 6.30. The van der Waals surface area contributed by atoms with Gasteiger partial charge in [-0.15, -0.1) is 11.3 Å². The van der Waals surface area contributed by atoms with Crippen molar-refractivity contribution in [3.8, 4) is 0 Å². The van der Waals surface area contributed by atoms with E-state index in [-0.39, 0.29) is 5.78 Å². The minimum absolute atomic E-state index is 0.0796. The Morgan fingerprint density at radius 2 is 2.26 bits per heavy atom. The van der Waals surface area contributed by atoms with Crippen LogP contribution in [0.3, 0.4) is 0 Å². The molecule has 2 aromatic rings. The molecule has 0 fully saturated rings. The Bertz CT molecular complexity index is 565. The first kappa shape index (κ1) is 14.2. The molecule has 0 aliphatic rings. The summed E-state index contributed by atoms with van der Waals surface area (Å²) in [5, 5.41) is 2.13. The Balaban J connectivity index is 2.07. The van der Waals surface area contributed by atoms with Gasteiger partial charge in [0.25, 0.3) is 0 Å². The molecule has 2 heterocycles. The van der Waals surface area contributed by atoms with Gasteiger partial charge in [-0.25, -0.2) is 0 Å². The third kappa shape index (κ3) is 3.64. The van der Waals surface area contributed by atoms with Crippen molar-refractivity contribution in [1.29, 1.82) is 0 Å². The third-order valence-electron chi connectivity index (χ3n) is 2.84. The van der Waals surface area contributed by atoms with E-state index in [0.29, 0.717) is 12.1 Å². The number of Topliss-reactive ketones (excluding diaryl/α,β-unsaturated/α-hetero) is 1. The van der Waals surface area contributed by atoms with Crippen molar-refractivity contribution >= 4 is 38.7 Å². The third-order valence-corrected chi connectivity index (χ3v) is 4.39. The Kier molecular flexibility index (Phi) is 4.71. The first-order valence-electron chi connectivity index (χ1n) is 6.03. The van der Waals surface area contributed by atoms with Crippen molar-refractivity contribution in [3.63, 3.8) is 0 Å². The molecule has 2 rings (SSSR count). The zero-order chi connectivity index (χ0) is 13.8. The smallest absolute Gasteiger partial charge is 0.180 e. The minimum atomic E-state index is 0.0796. The summed E-state index contributed by atoms with van der Waals surface area (Å²) in [7, 11) is 2.02. The summed E-state index contributed by atoms with van der Waals surface area (Å²) in [5.74, 6) is 0.0796. The second-order valence-electron chi connectivity index (χ2n) is 4.29. The van der Waals surface area contributed by atoms with Crippen molar-refractivity contribution < 1.29 is 4.79 Å². The molecule has 0 saturated heterocycles. The number of hydrogen-bond donors (Lipinski definition) is 0. The van der Waals surface area contributed by atoms with Gasteiger partial charge in [0.05, 0.1) is 15.7 Å². The molecule has 0 saturated carbocycles. The molecule has 3 nitrogen and oxygen atoms in total. The van der Waals surface area contributed by atoms with Crippen LogP contribution >= 0.6 is 27.3 Å². The lowest BCUT2D eigenvalue weighted by atomic mass is 10.2. The molecule has 0 spiro atoms. The Morgan fingerprint density at radius 3 is 2.79 bits per heavy atom. The highest BCUT2D eigenvalue weighted by Gasteiger charge is 2.07. The number of ketones is 1. The van der Waals surface area contributed by atoms with Crippen molar-refractivity contribution in [3.05, 3.63) is 44.8 Å². The normalized spacial score (nSPS) is 10.5. The minimum Gasteiger partial charge on any atom is -0.369 e. The lowest BCUT2D eigenvalue weighted by molar-refractivity contribution is 0.0983. The van der Waals surface area contributed by atoms with E-state index in [9.17, 15) is 4.79 Å². The maximum Gasteiger partial charge on any atom is 0.180 e. The molecule has 0 atom stereocenters. The van der Waals surface area contributed by atoms with Crippen molar-refractivity contribution in [1.82, 2.24) is 4.98 Å². The van der Waals surface area contributed by atoms with Crippen LogP contribution in [0.2, 0.25) is 0 Å². The topological polar surface area (TPSA) is 33.2 Å². The predicted molar refractivity (Wildman–Crippen MR) is 83.0 cm³/mol. The summed E-state index contributed by atoms with van der Waals surface area (Å²) in [5.41, 5.74) is 2.81. The average molecular weight is 339 g/mol. The molecule has 0 radical (unpaired) electrons. The van der Waals surface area contributed by atoms with E-state index >= 15 is 0 Å². The first-order chi connectivity index (χ1) is 9.10. The van der Waals surface area contributed by atoms with Gasteiger partial charge >= 0.3 is 0 Å². The molecule has 0 N–H and O–H groups in total. The van der Waals surface area contributed by atoms with Gasteiger partial charge < -0.3 is 4.90 Å². The zero-order valence-corrected chi connectivity index (χ0v) is 13.3. The van der Waals surface area contributed by atoms with E-state index in [1.54, 1.807) is 23.6 Å². The molecule has 2 aromatic heterocycles. The van der Waals surface area contributed by atoms with Crippen LogP contribution in [-0.4, -0.2) is 17.8 Å². The highest BCUT2D eigenvalue weighted by atomic mass is 79.9. The zero-order valence-electron chi connectivity index (χ0n) is 10.9. The largest absolute Gasteiger partial charge is 0.369 e. The van der Waals surface area contributed by atoms with Gasteiger partial charge in [0.15, 0.2) is 5.78 Å². The first-order valence-corrected chi connectivity index (χ1v) is 7.70. The van der Waals surface area contributed by atoms with Crippen LogP contribution < -0.4 is 4.90 Å². The van der Waals surface area contributed by atoms with E-state index in [4.69, 9.17) is 0 Å². The number of anilines is 1. The number of nitrogens with zero attached hydrogens (tertiary/aromatic N) is 2. The summed E-state index contributed by atoms with van der Waals surface area (Å²) >= 11 is 5.14. The SMILES string of the molecule is CCC(=O)c1ccc(N(C)Cc2csc(Br)c2)cn1. The van der Waals surface area contributed by atoms with Crippen LogP contribution in [0.5, 0.6) is 0 Å². The maximum atomic E-state index is 11.5. The number of carbonyl (C=O) groups is 1. The number of halogens is 1. The van der Waals surface area contributed by atoms with Gasteiger partial charge in [-0.1, -0.05) is 6.92 Å². The molecule has 0 unspecified atom stereocenters. The molecule has 100 valence electrons. The number of carbonyl (C=O) groups excluding carboxylic acids is 1. The van der Waals surface area contributed by atoms with Crippen LogP contribution in [0, 0.1) is 0 Å². The molecule has 0 aromatic carbocycles. The van der Waals surface area contributed by atoms with Crippen molar-refractivity contribution in [2.24, 2.45) is 0 Å². The van der Waals surface area contributed by atoms with E-state index in [2.05, 4.69) is 37.3 Å². The van der Waals surface area contributed by atoms with Gasteiger partial charge in [-0.2, -0.15) is 0 Å². The van der Waals surface area contributed by atoms with Crippen LogP contribution in [0.1, 0.15) is 29.4 Å². The van der Waals surface area contributed by atoms with Crippen molar-refractivity contribution in [2.45, 2.75) is 19.9 Å². The highest BCUT2D eigenvalue weighted by molar-refractivity contribution is 9.11. The summed E-state index contributed by atoms with van der Waals surface area (Å²) in [6.45, 7) is 2.67. The van der Waals surface area contributed by atoms with E-state index < -0.39 is 0 Å². The van der Waals surface area contributed by atoms with Gasteiger partial charge in [0.2, 0.25) is 0 Å². The average Bonchev–Trinajstić information content (AvgIpc) is 2.83. The number of rotatable bonds is 5. The Morgan fingerprint density at radius 1 is 1.47 bits per heavy atom. The molecular weight excluding hydrogens is 324 g/mol. The Labute approximate surface area is 125 Å². The molecule has 0 bridgehead atoms. The summed E-state index contributed by atoms with van der Waals surface area (Å²) in [6.07, 6.45) is 2.25. The molecular formula is C14H15BrN2OS. The van der Waals surface area contributed by atoms with Crippen LogP contribution in [0.25, 0.3) is 0 Å². The monoisotopic (exact) mass is 338 g/mol. The lowest BCUT2D eigenvalue weighted by Crippen LogP contribution is -2.16. The van der Waals surface area contributed by atoms with Gasteiger partial charge in [-0.05, 0) is 45.1 Å². The van der Waals surface area contributed by atoms with E-state index in [1.807, 2.05) is 20.0 Å². The summed E-state index contributed by atoms with van der Waals surface area (Å²) < 4.78 is 1.14.